The number of nitrogens with one attached hydrogen (secondary N) is 1. The number of amides is 2. The SMILES string of the molecule is O=C(NCCC(=O)N1CCCCC1)C(c1ccccc1)N1CCS(=O)(=O)CC1. The lowest BCUT2D eigenvalue weighted by molar-refractivity contribution is -0.132. The van der Waals surface area contributed by atoms with E-state index in [9.17, 15) is 18.0 Å². The zero-order valence-corrected chi connectivity index (χ0v) is 17.0. The lowest BCUT2D eigenvalue weighted by Gasteiger charge is -2.33. The number of hydrogen-bond acceptors (Lipinski definition) is 5. The molecule has 7 nitrogen and oxygen atoms in total. The van der Waals surface area contributed by atoms with Gasteiger partial charge in [-0.05, 0) is 24.8 Å². The van der Waals surface area contributed by atoms with Gasteiger partial charge < -0.3 is 10.2 Å². The molecule has 28 heavy (non-hydrogen) atoms. The first kappa shape index (κ1) is 20.8. The van der Waals surface area contributed by atoms with Crippen LogP contribution in [0.15, 0.2) is 30.3 Å². The van der Waals surface area contributed by atoms with Crippen LogP contribution in [0, 0.1) is 0 Å². The minimum Gasteiger partial charge on any atom is -0.354 e. The second kappa shape index (κ2) is 9.52. The maximum absolute atomic E-state index is 12.9. The standard InChI is InChI=1S/C20H29N3O4S/c24-18(22-11-5-2-6-12-22)9-10-21-20(25)19(17-7-3-1-4-8-17)23-13-15-28(26,27)16-14-23/h1,3-4,7-8,19H,2,5-6,9-16H2,(H,21,25). The minimum absolute atomic E-state index is 0.0665. The van der Waals surface area contributed by atoms with Gasteiger partial charge in [0.25, 0.3) is 0 Å². The van der Waals surface area contributed by atoms with Crippen molar-refractivity contribution in [3.05, 3.63) is 35.9 Å². The molecule has 3 rings (SSSR count). The molecule has 0 radical (unpaired) electrons. The molecule has 0 saturated carbocycles. The average molecular weight is 408 g/mol. The van der Waals surface area contributed by atoms with Crippen LogP contribution in [0.1, 0.15) is 37.3 Å². The van der Waals surface area contributed by atoms with Crippen molar-refractivity contribution in [2.75, 3.05) is 44.2 Å². The van der Waals surface area contributed by atoms with Crippen LogP contribution in [0.4, 0.5) is 0 Å². The number of carbonyl (C=O) groups is 2. The summed E-state index contributed by atoms with van der Waals surface area (Å²) in [5, 5.41) is 2.89. The Morgan fingerprint density at radius 2 is 1.61 bits per heavy atom. The summed E-state index contributed by atoms with van der Waals surface area (Å²) in [6, 6.07) is 8.85. The maximum atomic E-state index is 12.9. The molecule has 2 aliphatic heterocycles. The Kier molecular flexibility index (Phi) is 7.07. The maximum Gasteiger partial charge on any atom is 0.241 e. The fourth-order valence-corrected chi connectivity index (χ4v) is 5.07. The van der Waals surface area contributed by atoms with Crippen molar-refractivity contribution in [1.29, 1.82) is 0 Å². The molecule has 1 aromatic rings. The van der Waals surface area contributed by atoms with E-state index in [1.54, 1.807) is 0 Å². The van der Waals surface area contributed by atoms with Crippen LogP contribution in [0.3, 0.4) is 0 Å². The van der Waals surface area contributed by atoms with Gasteiger partial charge in [0.1, 0.15) is 6.04 Å². The second-order valence-electron chi connectivity index (χ2n) is 7.48. The first-order valence-electron chi connectivity index (χ1n) is 10.0. The lowest BCUT2D eigenvalue weighted by atomic mass is 10.0. The predicted octanol–water partition coefficient (Wildman–Crippen LogP) is 0.977. The first-order valence-corrected chi connectivity index (χ1v) is 11.8. The molecule has 0 aromatic heterocycles. The van der Waals surface area contributed by atoms with Gasteiger partial charge in [-0.1, -0.05) is 30.3 Å². The number of hydrogen-bond donors (Lipinski definition) is 1. The Balaban J connectivity index is 1.60. The molecule has 0 aliphatic carbocycles. The summed E-state index contributed by atoms with van der Waals surface area (Å²) >= 11 is 0. The Morgan fingerprint density at radius 3 is 2.25 bits per heavy atom. The van der Waals surface area contributed by atoms with Gasteiger partial charge in [0.05, 0.1) is 11.5 Å². The number of benzene rings is 1. The minimum atomic E-state index is -3.02. The summed E-state index contributed by atoms with van der Waals surface area (Å²) in [6.07, 6.45) is 3.56. The van der Waals surface area contributed by atoms with Crippen molar-refractivity contribution in [2.24, 2.45) is 0 Å². The largest absolute Gasteiger partial charge is 0.354 e. The third kappa shape index (κ3) is 5.54. The number of rotatable bonds is 6. The summed E-state index contributed by atoms with van der Waals surface area (Å²) in [4.78, 5) is 29.0. The van der Waals surface area contributed by atoms with Crippen molar-refractivity contribution < 1.29 is 18.0 Å². The van der Waals surface area contributed by atoms with Gasteiger partial charge in [-0.15, -0.1) is 0 Å². The zero-order chi connectivity index (χ0) is 20.0. The molecular weight excluding hydrogens is 378 g/mol. The van der Waals surface area contributed by atoms with Crippen molar-refractivity contribution in [3.8, 4) is 0 Å². The Bertz CT molecular complexity index is 762. The number of nitrogens with zero attached hydrogens (tertiary/aromatic N) is 2. The molecule has 0 bridgehead atoms. The molecule has 2 heterocycles. The van der Waals surface area contributed by atoms with Gasteiger partial charge in [0, 0.05) is 39.1 Å². The highest BCUT2D eigenvalue weighted by atomic mass is 32.2. The van der Waals surface area contributed by atoms with Crippen LogP contribution in [0.2, 0.25) is 0 Å². The van der Waals surface area contributed by atoms with Crippen molar-refractivity contribution in [2.45, 2.75) is 31.7 Å². The highest BCUT2D eigenvalue weighted by Gasteiger charge is 2.32. The van der Waals surface area contributed by atoms with Crippen molar-refractivity contribution >= 4 is 21.7 Å². The predicted molar refractivity (Wildman–Crippen MR) is 107 cm³/mol. The molecule has 1 aromatic carbocycles. The van der Waals surface area contributed by atoms with E-state index in [1.165, 1.54) is 6.42 Å². The monoisotopic (exact) mass is 407 g/mol. The van der Waals surface area contributed by atoms with E-state index in [1.807, 2.05) is 40.1 Å². The van der Waals surface area contributed by atoms with E-state index in [-0.39, 0.29) is 23.3 Å². The zero-order valence-electron chi connectivity index (χ0n) is 16.2. The molecule has 1 unspecified atom stereocenters. The number of sulfone groups is 1. The van der Waals surface area contributed by atoms with Crippen LogP contribution in [-0.4, -0.2) is 74.3 Å². The van der Waals surface area contributed by atoms with Crippen LogP contribution < -0.4 is 5.32 Å². The number of likely N-dealkylation sites (tertiary alicyclic amines) is 1. The Morgan fingerprint density at radius 1 is 0.964 bits per heavy atom. The average Bonchev–Trinajstić information content (AvgIpc) is 2.71. The smallest absolute Gasteiger partial charge is 0.241 e. The quantitative estimate of drug-likeness (QED) is 0.760. The third-order valence-corrected chi connectivity index (χ3v) is 7.06. The Hall–Kier alpha value is -1.93. The summed E-state index contributed by atoms with van der Waals surface area (Å²) < 4.78 is 23.5. The molecule has 0 spiro atoms. The van der Waals surface area contributed by atoms with Gasteiger partial charge in [-0.2, -0.15) is 0 Å². The molecule has 2 amide bonds. The molecule has 1 N–H and O–H groups in total. The molecule has 8 heteroatoms. The van der Waals surface area contributed by atoms with E-state index >= 15 is 0 Å². The third-order valence-electron chi connectivity index (χ3n) is 5.45. The van der Waals surface area contributed by atoms with Crippen molar-refractivity contribution in [1.82, 2.24) is 15.1 Å². The van der Waals surface area contributed by atoms with E-state index in [2.05, 4.69) is 5.32 Å². The van der Waals surface area contributed by atoms with E-state index in [0.717, 1.165) is 31.5 Å². The van der Waals surface area contributed by atoms with Gasteiger partial charge in [0.2, 0.25) is 11.8 Å². The summed E-state index contributed by atoms with van der Waals surface area (Å²) in [6.45, 7) is 2.58. The van der Waals surface area contributed by atoms with Crippen LogP contribution >= 0.6 is 0 Å². The summed E-state index contributed by atoms with van der Waals surface area (Å²) in [7, 11) is -3.02. The molecule has 2 aliphatic rings. The van der Waals surface area contributed by atoms with Crippen LogP contribution in [0.25, 0.3) is 0 Å². The summed E-state index contributed by atoms with van der Waals surface area (Å²) in [5.41, 5.74) is 0.835. The van der Waals surface area contributed by atoms with Crippen molar-refractivity contribution in [3.63, 3.8) is 0 Å². The van der Waals surface area contributed by atoms with Crippen LogP contribution in [0.5, 0.6) is 0 Å². The van der Waals surface area contributed by atoms with Crippen LogP contribution in [-0.2, 0) is 19.4 Å². The van der Waals surface area contributed by atoms with Gasteiger partial charge in [0.15, 0.2) is 9.84 Å². The topological polar surface area (TPSA) is 86.8 Å². The molecule has 1 atom stereocenters. The highest BCUT2D eigenvalue weighted by Crippen LogP contribution is 2.23. The Labute approximate surface area is 167 Å². The first-order chi connectivity index (χ1) is 13.5. The number of piperidine rings is 1. The van der Waals surface area contributed by atoms with Gasteiger partial charge in [-0.25, -0.2) is 8.42 Å². The van der Waals surface area contributed by atoms with E-state index in [4.69, 9.17) is 0 Å². The molecular formula is C20H29N3O4S. The van der Waals surface area contributed by atoms with Gasteiger partial charge in [-0.3, -0.25) is 14.5 Å². The molecule has 2 saturated heterocycles. The highest BCUT2D eigenvalue weighted by molar-refractivity contribution is 7.91. The lowest BCUT2D eigenvalue weighted by Crippen LogP contribution is -2.48. The number of carbonyl (C=O) groups excluding carboxylic acids is 2. The van der Waals surface area contributed by atoms with E-state index < -0.39 is 15.9 Å². The fraction of sp³-hybridized carbons (Fsp3) is 0.600. The molecule has 2 fully saturated rings. The normalized spacial score (nSPS) is 21.1. The second-order valence-corrected chi connectivity index (χ2v) is 9.79. The molecule has 154 valence electrons. The fourth-order valence-electron chi connectivity index (χ4n) is 3.84. The van der Waals surface area contributed by atoms with Gasteiger partial charge >= 0.3 is 0 Å². The van der Waals surface area contributed by atoms with E-state index in [0.29, 0.717) is 26.1 Å². The summed E-state index contributed by atoms with van der Waals surface area (Å²) in [5.74, 6) is 0.0333.